The standard InChI is InChI=1S/C27H20Cl2N6O2/c1-16(31-23-21(15-30-27(29)34-23)33-25(36)17-9-4-2-5-10-17)24-32-20-14-8-13-19(28)22(20)26(37)35(24)18-11-6-3-7-12-18/h2-16H,1H3,(H,33,36)(H,30,31,34). The molecule has 2 N–H and O–H groups in total. The lowest BCUT2D eigenvalue weighted by molar-refractivity contribution is 0.102. The number of carbonyl (C=O) groups excluding carboxylic acids is 1. The smallest absolute Gasteiger partial charge is 0.267 e. The molecule has 37 heavy (non-hydrogen) atoms. The number of halogens is 2. The predicted octanol–water partition coefficient (Wildman–Crippen LogP) is 5.91. The number of hydrogen-bond donors (Lipinski definition) is 2. The van der Waals surface area contributed by atoms with E-state index in [1.165, 1.54) is 10.8 Å². The Morgan fingerprint density at radius 1 is 0.919 bits per heavy atom. The van der Waals surface area contributed by atoms with Crippen molar-refractivity contribution in [2.75, 3.05) is 10.6 Å². The highest BCUT2D eigenvalue weighted by atomic mass is 35.5. The molecule has 1 unspecified atom stereocenters. The summed E-state index contributed by atoms with van der Waals surface area (Å²) in [6.07, 6.45) is 1.42. The lowest BCUT2D eigenvalue weighted by Crippen LogP contribution is -2.28. The number of aromatic nitrogens is 4. The molecule has 3 aromatic carbocycles. The van der Waals surface area contributed by atoms with Crippen LogP contribution in [0.1, 0.15) is 29.1 Å². The molecule has 5 aromatic rings. The van der Waals surface area contributed by atoms with Gasteiger partial charge in [0.1, 0.15) is 11.5 Å². The molecule has 1 amide bonds. The largest absolute Gasteiger partial charge is 0.359 e. The minimum absolute atomic E-state index is 0.00823. The van der Waals surface area contributed by atoms with E-state index in [4.69, 9.17) is 28.2 Å². The maximum absolute atomic E-state index is 13.7. The molecule has 184 valence electrons. The maximum Gasteiger partial charge on any atom is 0.267 e. The van der Waals surface area contributed by atoms with E-state index in [1.807, 2.05) is 43.3 Å². The average molecular weight is 531 g/mol. The number of hydrogen-bond acceptors (Lipinski definition) is 6. The fraction of sp³-hybridized carbons (Fsp3) is 0.0741. The van der Waals surface area contributed by atoms with Gasteiger partial charge in [-0.1, -0.05) is 54.1 Å². The van der Waals surface area contributed by atoms with E-state index >= 15 is 0 Å². The van der Waals surface area contributed by atoms with Crippen molar-refractivity contribution in [3.8, 4) is 5.69 Å². The highest BCUT2D eigenvalue weighted by Gasteiger charge is 2.21. The normalized spacial score (nSPS) is 11.8. The molecule has 8 nitrogen and oxygen atoms in total. The fourth-order valence-electron chi connectivity index (χ4n) is 3.94. The van der Waals surface area contributed by atoms with E-state index in [0.29, 0.717) is 38.7 Å². The zero-order valence-electron chi connectivity index (χ0n) is 19.5. The van der Waals surface area contributed by atoms with Crippen molar-refractivity contribution < 1.29 is 4.79 Å². The van der Waals surface area contributed by atoms with Crippen LogP contribution < -0.4 is 16.2 Å². The van der Waals surface area contributed by atoms with E-state index in [2.05, 4.69) is 20.6 Å². The summed E-state index contributed by atoms with van der Waals surface area (Å²) in [4.78, 5) is 39.5. The van der Waals surface area contributed by atoms with Crippen molar-refractivity contribution >= 4 is 51.5 Å². The van der Waals surface area contributed by atoms with Crippen molar-refractivity contribution in [3.63, 3.8) is 0 Å². The van der Waals surface area contributed by atoms with Gasteiger partial charge < -0.3 is 10.6 Å². The Labute approximate surface area is 221 Å². The molecule has 0 spiro atoms. The van der Waals surface area contributed by atoms with Gasteiger partial charge in [0.25, 0.3) is 11.5 Å². The summed E-state index contributed by atoms with van der Waals surface area (Å²) in [7, 11) is 0. The zero-order valence-corrected chi connectivity index (χ0v) is 21.0. The Morgan fingerprint density at radius 2 is 1.62 bits per heavy atom. The van der Waals surface area contributed by atoms with Crippen LogP contribution in [-0.4, -0.2) is 25.4 Å². The third-order valence-corrected chi connectivity index (χ3v) is 6.17. The van der Waals surface area contributed by atoms with Gasteiger partial charge in [-0.2, -0.15) is 4.98 Å². The van der Waals surface area contributed by atoms with Gasteiger partial charge in [0.2, 0.25) is 5.28 Å². The first-order chi connectivity index (χ1) is 17.9. The van der Waals surface area contributed by atoms with Crippen LogP contribution in [0.4, 0.5) is 11.5 Å². The monoisotopic (exact) mass is 530 g/mol. The number of amides is 1. The van der Waals surface area contributed by atoms with Crippen molar-refractivity contribution in [1.29, 1.82) is 0 Å². The number of nitrogens with zero attached hydrogens (tertiary/aromatic N) is 4. The van der Waals surface area contributed by atoms with Gasteiger partial charge in [0, 0.05) is 5.56 Å². The number of fused-ring (bicyclic) bond motifs is 1. The first-order valence-electron chi connectivity index (χ1n) is 11.3. The van der Waals surface area contributed by atoms with Crippen molar-refractivity contribution in [2.45, 2.75) is 13.0 Å². The molecule has 0 saturated carbocycles. The third-order valence-electron chi connectivity index (χ3n) is 5.67. The molecule has 0 bridgehead atoms. The molecular formula is C27H20Cl2N6O2. The van der Waals surface area contributed by atoms with Crippen LogP contribution in [0.15, 0.2) is 89.9 Å². The molecule has 0 aliphatic rings. The lowest BCUT2D eigenvalue weighted by Gasteiger charge is -2.21. The topological polar surface area (TPSA) is 102 Å². The molecule has 0 fully saturated rings. The summed E-state index contributed by atoms with van der Waals surface area (Å²) in [6.45, 7) is 1.83. The van der Waals surface area contributed by atoms with Crippen LogP contribution in [0.2, 0.25) is 10.3 Å². The van der Waals surface area contributed by atoms with Crippen molar-refractivity contribution in [2.24, 2.45) is 0 Å². The SMILES string of the molecule is CC(Nc1nc(Cl)ncc1NC(=O)c1ccccc1)c1nc2cccc(Cl)c2c(=O)n1-c1ccccc1. The van der Waals surface area contributed by atoms with Gasteiger partial charge in [-0.05, 0) is 54.9 Å². The fourth-order valence-corrected chi connectivity index (χ4v) is 4.32. The highest BCUT2D eigenvalue weighted by molar-refractivity contribution is 6.35. The van der Waals surface area contributed by atoms with Crippen LogP contribution >= 0.6 is 23.2 Å². The number of benzene rings is 3. The molecule has 0 aliphatic carbocycles. The molecule has 2 heterocycles. The van der Waals surface area contributed by atoms with Crippen LogP contribution in [0.3, 0.4) is 0 Å². The summed E-state index contributed by atoms with van der Waals surface area (Å²) in [6, 6.07) is 22.5. The number of para-hydroxylation sites is 1. The van der Waals surface area contributed by atoms with Gasteiger partial charge in [-0.3, -0.25) is 14.2 Å². The second kappa shape index (κ2) is 10.4. The van der Waals surface area contributed by atoms with E-state index in [1.54, 1.807) is 42.5 Å². The molecule has 2 aromatic heterocycles. The van der Waals surface area contributed by atoms with Crippen LogP contribution in [0.25, 0.3) is 16.6 Å². The molecule has 5 rings (SSSR count). The predicted molar refractivity (Wildman–Crippen MR) is 146 cm³/mol. The summed E-state index contributed by atoms with van der Waals surface area (Å²) >= 11 is 12.5. The molecule has 10 heteroatoms. The molecule has 0 aliphatic heterocycles. The zero-order chi connectivity index (χ0) is 25.9. The first-order valence-corrected chi connectivity index (χ1v) is 12.1. The quantitative estimate of drug-likeness (QED) is 0.264. The van der Waals surface area contributed by atoms with Crippen LogP contribution in [-0.2, 0) is 0 Å². The Kier molecular flexibility index (Phi) is 6.85. The van der Waals surface area contributed by atoms with Gasteiger partial charge >= 0.3 is 0 Å². The van der Waals surface area contributed by atoms with Gasteiger partial charge in [0.15, 0.2) is 5.82 Å². The summed E-state index contributed by atoms with van der Waals surface area (Å²) < 4.78 is 1.51. The van der Waals surface area contributed by atoms with Crippen molar-refractivity contribution in [3.05, 3.63) is 117 Å². The number of anilines is 2. The Balaban J connectivity index is 1.58. The summed E-state index contributed by atoms with van der Waals surface area (Å²) in [5.41, 5.74) is 1.59. The Bertz CT molecular complexity index is 1660. The molecule has 0 saturated heterocycles. The molecule has 0 radical (unpaired) electrons. The summed E-state index contributed by atoms with van der Waals surface area (Å²) in [5.74, 6) is 0.361. The van der Waals surface area contributed by atoms with Crippen LogP contribution in [0, 0.1) is 0 Å². The number of nitrogens with one attached hydrogen (secondary N) is 2. The van der Waals surface area contributed by atoms with Gasteiger partial charge in [-0.15, -0.1) is 0 Å². The summed E-state index contributed by atoms with van der Waals surface area (Å²) in [5, 5.41) is 6.69. The Hall–Kier alpha value is -4.27. The maximum atomic E-state index is 13.7. The van der Waals surface area contributed by atoms with E-state index in [9.17, 15) is 9.59 Å². The van der Waals surface area contributed by atoms with Gasteiger partial charge in [-0.25, -0.2) is 9.97 Å². The van der Waals surface area contributed by atoms with E-state index in [-0.39, 0.29) is 22.6 Å². The average Bonchev–Trinajstić information content (AvgIpc) is 2.91. The minimum Gasteiger partial charge on any atom is -0.359 e. The van der Waals surface area contributed by atoms with Crippen LogP contribution in [0.5, 0.6) is 0 Å². The second-order valence-electron chi connectivity index (χ2n) is 8.17. The minimum atomic E-state index is -0.547. The van der Waals surface area contributed by atoms with Gasteiger partial charge in [0.05, 0.1) is 33.9 Å². The molecular weight excluding hydrogens is 511 g/mol. The van der Waals surface area contributed by atoms with E-state index < -0.39 is 6.04 Å². The lowest BCUT2D eigenvalue weighted by atomic mass is 10.2. The van der Waals surface area contributed by atoms with Crippen molar-refractivity contribution in [1.82, 2.24) is 19.5 Å². The van der Waals surface area contributed by atoms with E-state index in [0.717, 1.165) is 0 Å². The highest BCUT2D eigenvalue weighted by Crippen LogP contribution is 2.27. The molecule has 1 atom stereocenters. The Morgan fingerprint density at radius 3 is 2.35 bits per heavy atom. The third kappa shape index (κ3) is 5.02. The number of rotatable bonds is 6. The second-order valence-corrected chi connectivity index (χ2v) is 8.91. The first kappa shape index (κ1) is 24.4. The number of carbonyl (C=O) groups is 1.